The molecular weight excluding hydrogens is 384 g/mol. The summed E-state index contributed by atoms with van der Waals surface area (Å²) in [5.74, 6) is 0.742. The van der Waals surface area contributed by atoms with Gasteiger partial charge in [0.05, 0.1) is 30.7 Å². The first-order chi connectivity index (χ1) is 14.5. The highest BCUT2D eigenvalue weighted by atomic mass is 16.5. The largest absolute Gasteiger partial charge is 0.361 e. The molecule has 0 aliphatic heterocycles. The zero-order chi connectivity index (χ0) is 21.5. The number of nitrogens with zero attached hydrogens (tertiary/aromatic N) is 4. The molecular formula is C21H26N6O3. The van der Waals surface area contributed by atoms with Gasteiger partial charge in [0.2, 0.25) is 0 Å². The van der Waals surface area contributed by atoms with Crippen LogP contribution in [0.3, 0.4) is 0 Å². The molecule has 0 spiro atoms. The average molecular weight is 410 g/mol. The molecule has 30 heavy (non-hydrogen) atoms. The van der Waals surface area contributed by atoms with Crippen molar-refractivity contribution in [3.8, 4) is 0 Å². The maximum absolute atomic E-state index is 12.7. The Hall–Kier alpha value is -3.46. The molecule has 0 aliphatic carbocycles. The van der Waals surface area contributed by atoms with Crippen molar-refractivity contribution >= 4 is 18.0 Å². The number of rotatable bonds is 9. The normalized spacial score (nSPS) is 10.8. The summed E-state index contributed by atoms with van der Waals surface area (Å²) in [6.45, 7) is 5.28. The van der Waals surface area contributed by atoms with Crippen molar-refractivity contribution in [1.82, 2.24) is 25.2 Å². The number of aryl methyl sites for hydroxylation is 2. The van der Waals surface area contributed by atoms with Crippen LogP contribution in [0.5, 0.6) is 0 Å². The summed E-state index contributed by atoms with van der Waals surface area (Å²) in [5, 5.41) is 14.1. The van der Waals surface area contributed by atoms with E-state index in [-0.39, 0.29) is 12.6 Å². The highest BCUT2D eigenvalue weighted by molar-refractivity contribution is 5.90. The second-order valence-corrected chi connectivity index (χ2v) is 7.06. The summed E-state index contributed by atoms with van der Waals surface area (Å²) in [7, 11) is 1.88. The monoisotopic (exact) mass is 410 g/mol. The molecule has 0 radical (unpaired) electrons. The smallest absolute Gasteiger partial charge is 0.322 e. The van der Waals surface area contributed by atoms with Crippen LogP contribution in [0.4, 0.5) is 10.5 Å². The van der Waals surface area contributed by atoms with Crippen LogP contribution in [0.2, 0.25) is 0 Å². The Morgan fingerprint density at radius 2 is 2.10 bits per heavy atom. The minimum atomic E-state index is -0.363. The molecule has 0 unspecified atom stereocenters. The Labute approximate surface area is 175 Å². The van der Waals surface area contributed by atoms with E-state index in [0.717, 1.165) is 41.0 Å². The summed E-state index contributed by atoms with van der Waals surface area (Å²) in [4.78, 5) is 25.3. The molecule has 9 nitrogen and oxygen atoms in total. The predicted octanol–water partition coefficient (Wildman–Crippen LogP) is 2.49. The summed E-state index contributed by atoms with van der Waals surface area (Å²) in [6, 6.07) is 7.54. The molecule has 1 aromatic carbocycles. The van der Waals surface area contributed by atoms with E-state index in [1.165, 1.54) is 4.90 Å². The molecule has 2 N–H and O–H groups in total. The number of anilines is 1. The van der Waals surface area contributed by atoms with E-state index in [2.05, 4.69) is 20.9 Å². The van der Waals surface area contributed by atoms with Gasteiger partial charge in [-0.25, -0.2) is 4.79 Å². The Bertz CT molecular complexity index is 990. The van der Waals surface area contributed by atoms with Gasteiger partial charge >= 0.3 is 6.03 Å². The summed E-state index contributed by atoms with van der Waals surface area (Å²) >= 11 is 0. The van der Waals surface area contributed by atoms with Crippen LogP contribution in [-0.2, 0) is 24.4 Å². The first-order valence-corrected chi connectivity index (χ1v) is 9.66. The predicted molar refractivity (Wildman–Crippen MR) is 112 cm³/mol. The molecule has 3 aromatic rings. The van der Waals surface area contributed by atoms with Gasteiger partial charge in [-0.1, -0.05) is 29.4 Å². The zero-order valence-electron chi connectivity index (χ0n) is 17.4. The van der Waals surface area contributed by atoms with Crippen LogP contribution in [0.1, 0.15) is 28.1 Å². The lowest BCUT2D eigenvalue weighted by molar-refractivity contribution is -0.108. The lowest BCUT2D eigenvalue weighted by Crippen LogP contribution is -2.35. The molecule has 0 aliphatic rings. The van der Waals surface area contributed by atoms with Crippen LogP contribution in [0.15, 0.2) is 41.2 Å². The first-order valence-electron chi connectivity index (χ1n) is 9.66. The molecule has 0 saturated heterocycles. The van der Waals surface area contributed by atoms with Crippen molar-refractivity contribution in [1.29, 1.82) is 0 Å². The number of amides is 2. The second-order valence-electron chi connectivity index (χ2n) is 7.06. The highest BCUT2D eigenvalue weighted by Crippen LogP contribution is 2.16. The fourth-order valence-electron chi connectivity index (χ4n) is 3.18. The maximum Gasteiger partial charge on any atom is 0.322 e. The lowest BCUT2D eigenvalue weighted by atomic mass is 10.1. The average Bonchev–Trinajstić information content (AvgIpc) is 3.29. The van der Waals surface area contributed by atoms with Crippen LogP contribution in [-0.4, -0.2) is 45.7 Å². The number of hydrogen-bond donors (Lipinski definition) is 2. The van der Waals surface area contributed by atoms with E-state index in [4.69, 9.17) is 4.52 Å². The molecule has 0 bridgehead atoms. The molecule has 9 heteroatoms. The number of aromatic nitrogens is 3. The van der Waals surface area contributed by atoms with Crippen molar-refractivity contribution in [2.24, 2.45) is 0 Å². The van der Waals surface area contributed by atoms with Gasteiger partial charge in [-0.05, 0) is 32.0 Å². The Morgan fingerprint density at radius 1 is 1.30 bits per heavy atom. The van der Waals surface area contributed by atoms with Gasteiger partial charge in [-0.15, -0.1) is 0 Å². The van der Waals surface area contributed by atoms with Crippen LogP contribution in [0.25, 0.3) is 0 Å². The molecule has 2 aromatic heterocycles. The van der Waals surface area contributed by atoms with Gasteiger partial charge in [-0.2, -0.15) is 5.10 Å². The van der Waals surface area contributed by atoms with Gasteiger partial charge in [-0.3, -0.25) is 4.68 Å². The quantitative estimate of drug-likeness (QED) is 0.525. The van der Waals surface area contributed by atoms with Crippen LogP contribution < -0.4 is 10.6 Å². The van der Waals surface area contributed by atoms with E-state index >= 15 is 0 Å². The third-order valence-electron chi connectivity index (χ3n) is 4.71. The van der Waals surface area contributed by atoms with Crippen LogP contribution in [0, 0.1) is 13.8 Å². The number of carbonyl (C=O) groups excluding carboxylic acids is 2. The minimum absolute atomic E-state index is 0.00466. The molecule has 0 fully saturated rings. The third-order valence-corrected chi connectivity index (χ3v) is 4.71. The Balaban J connectivity index is 1.66. The summed E-state index contributed by atoms with van der Waals surface area (Å²) in [6.07, 6.45) is 4.02. The van der Waals surface area contributed by atoms with E-state index in [1.54, 1.807) is 17.1 Å². The number of urea groups is 1. The van der Waals surface area contributed by atoms with Gasteiger partial charge in [0.25, 0.3) is 0 Å². The SMILES string of the molecule is CNCc1cccc(CN(CC=O)C(=O)Nc2cnn(Cc3c(C)noc3C)c2)c1. The van der Waals surface area contributed by atoms with Crippen molar-refractivity contribution in [2.45, 2.75) is 33.5 Å². The number of carbonyl (C=O) groups is 2. The van der Waals surface area contributed by atoms with Crippen LogP contribution >= 0.6 is 0 Å². The van der Waals surface area contributed by atoms with Crippen molar-refractivity contribution in [3.63, 3.8) is 0 Å². The van der Waals surface area contributed by atoms with E-state index in [1.807, 2.05) is 45.2 Å². The number of benzene rings is 1. The van der Waals surface area contributed by atoms with Gasteiger partial charge in [0.1, 0.15) is 12.0 Å². The molecule has 158 valence electrons. The third kappa shape index (κ3) is 5.32. The molecule has 0 saturated carbocycles. The van der Waals surface area contributed by atoms with Gasteiger partial charge in [0.15, 0.2) is 0 Å². The fourth-order valence-corrected chi connectivity index (χ4v) is 3.18. The van der Waals surface area contributed by atoms with Crippen molar-refractivity contribution < 1.29 is 14.1 Å². The summed E-state index contributed by atoms with van der Waals surface area (Å²) < 4.78 is 6.87. The minimum Gasteiger partial charge on any atom is -0.361 e. The second kappa shape index (κ2) is 9.84. The highest BCUT2D eigenvalue weighted by Gasteiger charge is 2.16. The Morgan fingerprint density at radius 3 is 2.80 bits per heavy atom. The van der Waals surface area contributed by atoms with E-state index in [9.17, 15) is 9.59 Å². The lowest BCUT2D eigenvalue weighted by Gasteiger charge is -2.20. The first kappa shape index (κ1) is 21.3. The molecule has 0 atom stereocenters. The zero-order valence-corrected chi connectivity index (χ0v) is 17.4. The standard InChI is InChI=1S/C21H26N6O3/c1-15-20(16(2)30-25-15)14-27-13-19(11-23-27)24-21(29)26(7-8-28)12-18-6-4-5-17(9-18)10-22-3/h4-6,8-9,11,13,22H,7,10,12,14H2,1-3H3,(H,24,29). The number of nitrogens with one attached hydrogen (secondary N) is 2. The van der Waals surface area contributed by atoms with Crippen molar-refractivity contribution in [2.75, 3.05) is 18.9 Å². The molecule has 3 rings (SSSR count). The summed E-state index contributed by atoms with van der Waals surface area (Å²) in [5.41, 5.74) is 4.38. The molecule has 2 heterocycles. The number of aldehydes is 1. The number of hydrogen-bond acceptors (Lipinski definition) is 6. The molecule has 2 amide bonds. The fraction of sp³-hybridized carbons (Fsp3) is 0.333. The van der Waals surface area contributed by atoms with Crippen molar-refractivity contribution in [3.05, 3.63) is 64.8 Å². The van der Waals surface area contributed by atoms with Gasteiger partial charge in [0, 0.05) is 24.8 Å². The maximum atomic E-state index is 12.7. The van der Waals surface area contributed by atoms with Gasteiger partial charge < -0.3 is 24.9 Å². The van der Waals surface area contributed by atoms with E-state index < -0.39 is 0 Å². The topological polar surface area (TPSA) is 105 Å². The Kier molecular flexibility index (Phi) is 6.97. The van der Waals surface area contributed by atoms with E-state index in [0.29, 0.717) is 18.8 Å².